The van der Waals surface area contributed by atoms with Crippen molar-refractivity contribution in [3.63, 3.8) is 0 Å². The number of aliphatic carboxylic acids is 1. The smallest absolute Gasteiger partial charge is 0.311 e. The van der Waals surface area contributed by atoms with Crippen LogP contribution in [0.4, 0.5) is 0 Å². The van der Waals surface area contributed by atoms with E-state index in [0.29, 0.717) is 77.1 Å². The van der Waals surface area contributed by atoms with Crippen molar-refractivity contribution in [2.75, 3.05) is 33.9 Å². The van der Waals surface area contributed by atoms with Crippen LogP contribution in [0.25, 0.3) is 33.6 Å². The van der Waals surface area contributed by atoms with Gasteiger partial charge in [0.2, 0.25) is 17.7 Å². The standard InChI is InChI=1S/C39H42Cl2N6O5/c1-22-15-30(45-36(51-2)29(22)20-47-19-23-7-6-14-39(23,21-47)38(49)50)27-10-4-8-25(34(27)40)26-9-5-11-28(35(26)41)31-18-43-32(37(46-31)52-3)17-42-16-24-12-13-33(48)44-24/h4-5,8-11,15,18,23-24,42H,6-7,12-14,16-17,19-21H2,1-3H3,(H,44,48)(H,49,50)/t23-,24-,39-/m0/s1. The average Bonchev–Trinajstić information content (AvgIpc) is 3.84. The Morgan fingerprint density at radius 3 is 2.33 bits per heavy atom. The molecule has 0 spiro atoms. The first-order valence-electron chi connectivity index (χ1n) is 17.6. The Hall–Kier alpha value is -4.29. The summed E-state index contributed by atoms with van der Waals surface area (Å²) in [6, 6.07) is 13.6. The van der Waals surface area contributed by atoms with Crippen molar-refractivity contribution in [2.45, 2.75) is 58.2 Å². The summed E-state index contributed by atoms with van der Waals surface area (Å²) in [5.41, 5.74) is 5.99. The van der Waals surface area contributed by atoms with Gasteiger partial charge in [-0.2, -0.15) is 0 Å². The number of pyridine rings is 1. The molecule has 0 radical (unpaired) electrons. The van der Waals surface area contributed by atoms with Gasteiger partial charge in [0.05, 0.1) is 47.3 Å². The molecule has 272 valence electrons. The number of aromatic nitrogens is 3. The third-order valence-corrected chi connectivity index (χ3v) is 11.7. The van der Waals surface area contributed by atoms with Crippen LogP contribution in [0.1, 0.15) is 48.9 Å². The summed E-state index contributed by atoms with van der Waals surface area (Å²) in [6.07, 6.45) is 5.69. The molecule has 2 aromatic heterocycles. The van der Waals surface area contributed by atoms with Crippen molar-refractivity contribution in [1.82, 2.24) is 30.5 Å². The molecule has 3 atom stereocenters. The van der Waals surface area contributed by atoms with E-state index in [9.17, 15) is 14.7 Å². The molecule has 4 aromatic rings. The van der Waals surface area contributed by atoms with Crippen LogP contribution >= 0.6 is 23.2 Å². The van der Waals surface area contributed by atoms with Gasteiger partial charge in [0, 0.05) is 73.0 Å². The van der Waals surface area contributed by atoms with Gasteiger partial charge in [-0.15, -0.1) is 0 Å². The number of hydrogen-bond acceptors (Lipinski definition) is 9. The number of methoxy groups -OCH3 is 2. The van der Waals surface area contributed by atoms with Gasteiger partial charge in [0.1, 0.15) is 5.69 Å². The predicted octanol–water partition coefficient (Wildman–Crippen LogP) is 6.56. The molecule has 52 heavy (non-hydrogen) atoms. The first kappa shape index (κ1) is 36.1. The van der Waals surface area contributed by atoms with Gasteiger partial charge in [-0.25, -0.2) is 9.97 Å². The van der Waals surface area contributed by atoms with Crippen LogP contribution in [-0.2, 0) is 22.7 Å². The molecule has 3 N–H and O–H groups in total. The first-order chi connectivity index (χ1) is 25.1. The Morgan fingerprint density at radius 2 is 1.69 bits per heavy atom. The number of nitrogens with zero attached hydrogens (tertiary/aromatic N) is 4. The summed E-state index contributed by atoms with van der Waals surface area (Å²) in [5.74, 6) is 0.446. The summed E-state index contributed by atoms with van der Waals surface area (Å²) in [6.45, 7) is 4.94. The van der Waals surface area contributed by atoms with E-state index in [1.807, 2.05) is 49.4 Å². The van der Waals surface area contributed by atoms with Gasteiger partial charge in [0.15, 0.2) is 0 Å². The molecular weight excluding hydrogens is 703 g/mol. The summed E-state index contributed by atoms with van der Waals surface area (Å²) in [5, 5.41) is 17.3. The second-order valence-electron chi connectivity index (χ2n) is 14.0. The zero-order valence-corrected chi connectivity index (χ0v) is 31.0. The van der Waals surface area contributed by atoms with Gasteiger partial charge in [-0.1, -0.05) is 66.0 Å². The van der Waals surface area contributed by atoms with E-state index in [1.54, 1.807) is 20.4 Å². The molecular formula is C39H42Cl2N6O5. The summed E-state index contributed by atoms with van der Waals surface area (Å²) in [7, 11) is 3.16. The Kier molecular flexibility index (Phi) is 10.4. The predicted molar refractivity (Wildman–Crippen MR) is 200 cm³/mol. The number of ether oxygens (including phenoxy) is 2. The van der Waals surface area contributed by atoms with Crippen molar-refractivity contribution < 1.29 is 24.2 Å². The van der Waals surface area contributed by atoms with Crippen LogP contribution in [0.2, 0.25) is 10.0 Å². The highest BCUT2D eigenvalue weighted by Gasteiger charge is 2.54. The molecule has 3 fully saturated rings. The Balaban J connectivity index is 1.13. The van der Waals surface area contributed by atoms with E-state index in [2.05, 4.69) is 20.5 Å². The molecule has 13 heteroatoms. The van der Waals surface area contributed by atoms with Crippen LogP contribution < -0.4 is 20.1 Å². The van der Waals surface area contributed by atoms with E-state index in [0.717, 1.165) is 60.0 Å². The second kappa shape index (κ2) is 15.0. The second-order valence-corrected chi connectivity index (χ2v) is 14.8. The van der Waals surface area contributed by atoms with Crippen LogP contribution in [0.3, 0.4) is 0 Å². The minimum Gasteiger partial charge on any atom is -0.481 e. The van der Waals surface area contributed by atoms with Crippen LogP contribution in [0.15, 0.2) is 48.7 Å². The van der Waals surface area contributed by atoms with E-state index >= 15 is 0 Å². The molecule has 1 amide bonds. The summed E-state index contributed by atoms with van der Waals surface area (Å²) in [4.78, 5) is 40.3. The number of carbonyl (C=O) groups is 2. The maximum Gasteiger partial charge on any atom is 0.311 e. The molecule has 3 aliphatic rings. The number of likely N-dealkylation sites (tertiary alicyclic amines) is 1. The third kappa shape index (κ3) is 6.82. The number of benzene rings is 2. The topological polar surface area (TPSA) is 139 Å². The molecule has 1 aliphatic carbocycles. The number of carboxylic acid groups (broad SMARTS) is 1. The van der Waals surface area contributed by atoms with Gasteiger partial charge >= 0.3 is 5.97 Å². The normalized spacial score (nSPS) is 21.3. The molecule has 2 aliphatic heterocycles. The zero-order chi connectivity index (χ0) is 36.6. The molecule has 0 bridgehead atoms. The Bertz CT molecular complexity index is 2030. The minimum atomic E-state index is -0.683. The van der Waals surface area contributed by atoms with Gasteiger partial charge in [-0.3, -0.25) is 19.5 Å². The minimum absolute atomic E-state index is 0.0794. The van der Waals surface area contributed by atoms with Crippen molar-refractivity contribution in [1.29, 1.82) is 0 Å². The summed E-state index contributed by atoms with van der Waals surface area (Å²) < 4.78 is 11.4. The fourth-order valence-electron chi connectivity index (χ4n) is 8.14. The van der Waals surface area contributed by atoms with E-state index in [1.165, 1.54) is 0 Å². The maximum atomic E-state index is 12.3. The number of aryl methyl sites for hydroxylation is 1. The highest BCUT2D eigenvalue weighted by atomic mass is 35.5. The lowest BCUT2D eigenvalue weighted by Crippen LogP contribution is -2.35. The lowest BCUT2D eigenvalue weighted by molar-refractivity contribution is -0.149. The number of hydrogen-bond donors (Lipinski definition) is 3. The monoisotopic (exact) mass is 744 g/mol. The number of carboxylic acids is 1. The molecule has 7 rings (SSSR count). The number of nitrogens with one attached hydrogen (secondary N) is 2. The number of halogens is 2. The van der Waals surface area contributed by atoms with Gasteiger partial charge in [-0.05, 0) is 43.7 Å². The number of rotatable bonds is 12. The van der Waals surface area contributed by atoms with Crippen molar-refractivity contribution >= 4 is 35.1 Å². The zero-order valence-electron chi connectivity index (χ0n) is 29.5. The largest absolute Gasteiger partial charge is 0.481 e. The lowest BCUT2D eigenvalue weighted by atomic mass is 9.81. The first-order valence-corrected chi connectivity index (χ1v) is 18.4. The maximum absolute atomic E-state index is 12.3. The van der Waals surface area contributed by atoms with Crippen LogP contribution in [0.5, 0.6) is 11.8 Å². The fraction of sp³-hybridized carbons (Fsp3) is 0.410. The van der Waals surface area contributed by atoms with E-state index < -0.39 is 11.4 Å². The molecule has 1 saturated carbocycles. The van der Waals surface area contributed by atoms with E-state index in [-0.39, 0.29) is 17.9 Å². The van der Waals surface area contributed by atoms with Crippen LogP contribution in [0, 0.1) is 18.3 Å². The number of fused-ring (bicyclic) bond motifs is 1. The quantitative estimate of drug-likeness (QED) is 0.146. The number of carbonyl (C=O) groups excluding carboxylic acids is 1. The fourth-order valence-corrected chi connectivity index (χ4v) is 8.79. The SMILES string of the molecule is COc1nc(-c2cccc(-c3cccc(-c4cc(C)c(CN5C[C@@H]6CCC[C@]6(C(=O)O)C5)c(OC)n4)c3Cl)c2Cl)cnc1CNC[C@@H]1CCC(=O)N1. The Labute approximate surface area is 313 Å². The molecule has 2 saturated heterocycles. The molecule has 4 heterocycles. The van der Waals surface area contributed by atoms with Crippen LogP contribution in [-0.4, -0.2) is 76.7 Å². The number of amides is 1. The highest BCUT2D eigenvalue weighted by Crippen LogP contribution is 2.50. The van der Waals surface area contributed by atoms with Gasteiger partial charge < -0.3 is 25.2 Å². The van der Waals surface area contributed by atoms with Crippen molar-refractivity contribution in [3.05, 3.63) is 75.5 Å². The average molecular weight is 746 g/mol. The third-order valence-electron chi connectivity index (χ3n) is 10.9. The van der Waals surface area contributed by atoms with E-state index in [4.69, 9.17) is 42.6 Å². The van der Waals surface area contributed by atoms with Crippen molar-refractivity contribution in [3.8, 4) is 45.4 Å². The molecule has 2 aromatic carbocycles. The summed E-state index contributed by atoms with van der Waals surface area (Å²) >= 11 is 14.3. The highest BCUT2D eigenvalue weighted by molar-refractivity contribution is 6.39. The molecule has 11 nitrogen and oxygen atoms in total. The van der Waals surface area contributed by atoms with Crippen molar-refractivity contribution in [2.24, 2.45) is 11.3 Å². The Morgan fingerprint density at radius 1 is 1.02 bits per heavy atom. The molecule has 0 unspecified atom stereocenters. The lowest BCUT2D eigenvalue weighted by Gasteiger charge is -2.24. The van der Waals surface area contributed by atoms with Gasteiger partial charge in [0.25, 0.3) is 0 Å².